The molecule has 0 aliphatic carbocycles. The van der Waals surface area contributed by atoms with Gasteiger partial charge in [0.1, 0.15) is 6.10 Å². The van der Waals surface area contributed by atoms with Crippen LogP contribution in [-0.4, -0.2) is 46.9 Å². The van der Waals surface area contributed by atoms with Crippen molar-refractivity contribution >= 4 is 11.9 Å². The maximum atomic E-state index is 13.2. The van der Waals surface area contributed by atoms with Crippen LogP contribution in [0.3, 0.4) is 0 Å². The lowest BCUT2D eigenvalue weighted by Gasteiger charge is -2.24. The number of nitrogens with one attached hydrogen (secondary N) is 1. The Morgan fingerprint density at radius 1 is 0.475 bits per heavy atom. The molecule has 0 saturated heterocycles. The quantitative estimate of drug-likeness (QED) is 0.0245. The molecule has 3 atom stereocenters. The van der Waals surface area contributed by atoms with Crippen LogP contribution in [0.25, 0.3) is 0 Å². The molecular weight excluding hydrogens is 755 g/mol. The van der Waals surface area contributed by atoms with Crippen molar-refractivity contribution in [2.45, 2.75) is 270 Å². The predicted molar refractivity (Wildman–Crippen MR) is 264 cm³/mol. The second-order valence-corrected chi connectivity index (χ2v) is 17.7. The molecule has 0 rings (SSSR count). The van der Waals surface area contributed by atoms with Gasteiger partial charge in [0.05, 0.1) is 25.2 Å². The number of esters is 1. The molecule has 0 aliphatic rings. The fourth-order valence-corrected chi connectivity index (χ4v) is 7.68. The van der Waals surface area contributed by atoms with E-state index < -0.39 is 18.2 Å². The summed E-state index contributed by atoms with van der Waals surface area (Å²) >= 11 is 0. The van der Waals surface area contributed by atoms with E-state index in [-0.39, 0.29) is 24.9 Å². The molecule has 0 heterocycles. The minimum atomic E-state index is -0.799. The number of unbranched alkanes of at least 4 members (excludes halogenated alkanes) is 27. The highest BCUT2D eigenvalue weighted by atomic mass is 16.5. The highest BCUT2D eigenvalue weighted by Gasteiger charge is 2.24. The second kappa shape index (κ2) is 48.6. The first kappa shape index (κ1) is 58.6. The lowest BCUT2D eigenvalue weighted by atomic mass is 10.0. The third-order valence-corrected chi connectivity index (χ3v) is 11.7. The lowest BCUT2D eigenvalue weighted by molar-refractivity contribution is -0.151. The fraction of sp³-hybridized carbons (Fsp3) is 0.782. The third-order valence-electron chi connectivity index (χ3n) is 11.7. The van der Waals surface area contributed by atoms with E-state index >= 15 is 0 Å². The maximum Gasteiger partial charge on any atom is 0.306 e. The molecule has 0 spiro atoms. The number of allylic oxidation sites excluding steroid dienone is 10. The van der Waals surface area contributed by atoms with E-state index in [1.54, 1.807) is 0 Å². The molecule has 0 aromatic rings. The van der Waals surface area contributed by atoms with Crippen LogP contribution in [0.1, 0.15) is 252 Å². The van der Waals surface area contributed by atoms with Gasteiger partial charge in [0.25, 0.3) is 0 Å². The second-order valence-electron chi connectivity index (χ2n) is 17.7. The maximum absolute atomic E-state index is 13.2. The first-order chi connectivity index (χ1) is 30.0. The molecule has 6 heteroatoms. The number of aliphatic hydroxyl groups excluding tert-OH is 2. The average molecular weight is 854 g/mol. The summed E-state index contributed by atoms with van der Waals surface area (Å²) in [5.41, 5.74) is 0. The van der Waals surface area contributed by atoms with Crippen LogP contribution in [0.2, 0.25) is 0 Å². The van der Waals surface area contributed by atoms with E-state index in [4.69, 9.17) is 4.74 Å². The largest absolute Gasteiger partial charge is 0.462 e. The summed E-state index contributed by atoms with van der Waals surface area (Å²) < 4.78 is 5.90. The van der Waals surface area contributed by atoms with Gasteiger partial charge in [0.2, 0.25) is 5.91 Å². The molecular formula is C55H99NO5. The number of ether oxygens (including phenoxy) is 1. The molecule has 354 valence electrons. The Hall–Kier alpha value is -2.44. The normalized spacial score (nSPS) is 13.7. The molecule has 1 amide bonds. The van der Waals surface area contributed by atoms with Crippen LogP contribution in [0.15, 0.2) is 60.8 Å². The number of hydrogen-bond acceptors (Lipinski definition) is 5. The summed E-state index contributed by atoms with van der Waals surface area (Å²) in [6, 6.07) is -0.715. The van der Waals surface area contributed by atoms with E-state index in [0.717, 1.165) is 83.5 Å². The van der Waals surface area contributed by atoms with Crippen molar-refractivity contribution in [2.24, 2.45) is 0 Å². The topological polar surface area (TPSA) is 95.9 Å². The molecule has 0 fully saturated rings. The highest BCUT2D eigenvalue weighted by molar-refractivity contribution is 5.77. The SMILES string of the molecule is CCCCC/C=C/C=C/C=C/C=C/CCCCCCCC(=O)OC(CCC/C=C\CCCCCCCC)CC(=O)NC(CO)C(O)CCCCCCCCCCCCCCC. The van der Waals surface area contributed by atoms with Gasteiger partial charge < -0.3 is 20.3 Å². The predicted octanol–water partition coefficient (Wildman–Crippen LogP) is 15.6. The molecule has 0 aromatic heterocycles. The highest BCUT2D eigenvalue weighted by Crippen LogP contribution is 2.17. The van der Waals surface area contributed by atoms with E-state index in [1.807, 2.05) is 0 Å². The molecule has 6 nitrogen and oxygen atoms in total. The Morgan fingerprint density at radius 2 is 0.869 bits per heavy atom. The fourth-order valence-electron chi connectivity index (χ4n) is 7.68. The van der Waals surface area contributed by atoms with E-state index in [9.17, 15) is 19.8 Å². The van der Waals surface area contributed by atoms with Gasteiger partial charge in [0, 0.05) is 6.42 Å². The van der Waals surface area contributed by atoms with Crippen molar-refractivity contribution in [3.63, 3.8) is 0 Å². The number of carbonyl (C=O) groups excluding carboxylic acids is 2. The van der Waals surface area contributed by atoms with Crippen molar-refractivity contribution in [3.8, 4) is 0 Å². The van der Waals surface area contributed by atoms with Crippen LogP contribution in [0, 0.1) is 0 Å². The Kier molecular flexibility index (Phi) is 46.6. The van der Waals surface area contributed by atoms with Crippen LogP contribution in [-0.2, 0) is 14.3 Å². The monoisotopic (exact) mass is 854 g/mol. The van der Waals surface area contributed by atoms with Gasteiger partial charge in [0.15, 0.2) is 0 Å². The Bertz CT molecular complexity index is 1090. The summed E-state index contributed by atoms with van der Waals surface area (Å²) in [6.45, 7) is 6.42. The zero-order valence-electron chi connectivity index (χ0n) is 40.3. The van der Waals surface area contributed by atoms with Gasteiger partial charge in [-0.2, -0.15) is 0 Å². The third kappa shape index (κ3) is 44.0. The molecule has 0 bridgehead atoms. The van der Waals surface area contributed by atoms with Crippen LogP contribution in [0.4, 0.5) is 0 Å². The van der Waals surface area contributed by atoms with Crippen LogP contribution in [0.5, 0.6) is 0 Å². The van der Waals surface area contributed by atoms with Crippen molar-refractivity contribution in [1.29, 1.82) is 0 Å². The van der Waals surface area contributed by atoms with Gasteiger partial charge in [-0.1, -0.05) is 229 Å². The first-order valence-electron chi connectivity index (χ1n) is 26.1. The van der Waals surface area contributed by atoms with Crippen molar-refractivity contribution in [3.05, 3.63) is 60.8 Å². The molecule has 0 saturated carbocycles. The van der Waals surface area contributed by atoms with Crippen LogP contribution >= 0.6 is 0 Å². The smallest absolute Gasteiger partial charge is 0.306 e. The number of rotatable bonds is 46. The molecule has 0 radical (unpaired) electrons. The summed E-state index contributed by atoms with van der Waals surface area (Å²) in [5, 5.41) is 23.7. The minimum Gasteiger partial charge on any atom is -0.462 e. The minimum absolute atomic E-state index is 0.0460. The van der Waals surface area contributed by atoms with Gasteiger partial charge >= 0.3 is 5.97 Å². The van der Waals surface area contributed by atoms with Gasteiger partial charge in [-0.15, -0.1) is 0 Å². The Morgan fingerprint density at radius 3 is 1.38 bits per heavy atom. The van der Waals surface area contributed by atoms with Crippen molar-refractivity contribution in [1.82, 2.24) is 5.32 Å². The molecule has 3 unspecified atom stereocenters. The molecule has 0 aromatic carbocycles. The standard InChI is InChI=1S/C55H99NO5/c1-4-7-10-13-16-19-22-24-25-26-27-28-30-33-36-39-42-45-48-55(60)61-51(46-43-40-37-34-31-21-18-15-12-9-6-3)49-54(59)56-52(50-57)53(58)47-44-41-38-35-32-29-23-20-17-14-11-8-5-2/h16,19,22,24-28,34,37,51-53,57-58H,4-15,17-18,20-21,23,29-33,35-36,38-50H2,1-3H3,(H,56,59)/b19-16+,24-22+,26-25+,28-27+,37-34-. The summed E-state index contributed by atoms with van der Waals surface area (Å²) in [4.78, 5) is 26.1. The average Bonchev–Trinajstić information content (AvgIpc) is 3.25. The number of amides is 1. The summed E-state index contributed by atoms with van der Waals surface area (Å²) in [6.07, 6.45) is 59.9. The van der Waals surface area contributed by atoms with Gasteiger partial charge in [-0.3, -0.25) is 9.59 Å². The number of carbonyl (C=O) groups is 2. The van der Waals surface area contributed by atoms with E-state index in [2.05, 4.69) is 86.8 Å². The molecule has 3 N–H and O–H groups in total. The van der Waals surface area contributed by atoms with Crippen molar-refractivity contribution in [2.75, 3.05) is 6.61 Å². The van der Waals surface area contributed by atoms with E-state index in [0.29, 0.717) is 19.3 Å². The summed E-state index contributed by atoms with van der Waals surface area (Å²) in [5.74, 6) is -0.528. The Labute approximate surface area is 378 Å². The van der Waals surface area contributed by atoms with Crippen LogP contribution < -0.4 is 5.32 Å². The molecule has 0 aliphatic heterocycles. The number of hydrogen-bond donors (Lipinski definition) is 3. The Balaban J connectivity index is 4.60. The zero-order valence-corrected chi connectivity index (χ0v) is 40.3. The summed E-state index contributed by atoms with van der Waals surface area (Å²) in [7, 11) is 0. The van der Waals surface area contributed by atoms with Gasteiger partial charge in [-0.05, 0) is 70.6 Å². The first-order valence-corrected chi connectivity index (χ1v) is 26.1. The van der Waals surface area contributed by atoms with Crippen molar-refractivity contribution < 1.29 is 24.5 Å². The zero-order chi connectivity index (χ0) is 44.5. The van der Waals surface area contributed by atoms with E-state index in [1.165, 1.54) is 122 Å². The molecule has 61 heavy (non-hydrogen) atoms. The van der Waals surface area contributed by atoms with Gasteiger partial charge in [-0.25, -0.2) is 0 Å². The number of aliphatic hydroxyl groups is 2. The lowest BCUT2D eigenvalue weighted by Crippen LogP contribution is -2.46.